The molecular weight excluding hydrogens is 324 g/mol. The van der Waals surface area contributed by atoms with Crippen LogP contribution in [-0.4, -0.2) is 60.5 Å². The van der Waals surface area contributed by atoms with E-state index in [1.165, 1.54) is 5.70 Å². The molecule has 0 saturated carbocycles. The Kier molecular flexibility index (Phi) is 5.94. The smallest absolute Gasteiger partial charge is 0.171 e. The van der Waals surface area contributed by atoms with E-state index in [0.29, 0.717) is 0 Å². The first kappa shape index (κ1) is 18.9. The summed E-state index contributed by atoms with van der Waals surface area (Å²) in [5.41, 5.74) is 1.65. The number of allylic oxidation sites excluding steroid dienone is 2. The van der Waals surface area contributed by atoms with Gasteiger partial charge in [0.25, 0.3) is 0 Å². The molecule has 0 spiro atoms. The SMILES string of the molecule is CCN(CC)C1=CC=CC(C(=O)c2ccccc2)C1(C)N1CCOCC1. The molecule has 1 aliphatic carbocycles. The van der Waals surface area contributed by atoms with E-state index in [4.69, 9.17) is 4.74 Å². The molecule has 1 saturated heterocycles. The van der Waals surface area contributed by atoms with Crippen LogP contribution in [0.15, 0.2) is 54.3 Å². The molecule has 2 aliphatic rings. The van der Waals surface area contributed by atoms with Gasteiger partial charge in [0.1, 0.15) is 0 Å². The van der Waals surface area contributed by atoms with E-state index in [9.17, 15) is 4.79 Å². The van der Waals surface area contributed by atoms with Gasteiger partial charge < -0.3 is 9.64 Å². The standard InChI is InChI=1S/C22H30N2O2/c1-4-23(5-2)20-13-9-12-19(21(25)18-10-7-6-8-11-18)22(20,3)24-14-16-26-17-15-24/h6-13,19H,4-5,14-17H2,1-3H3. The molecule has 4 nitrogen and oxygen atoms in total. The van der Waals surface area contributed by atoms with Crippen molar-refractivity contribution in [2.24, 2.45) is 5.92 Å². The number of Topliss-reactive ketones (excluding diaryl/α,β-unsaturated/α-hetero) is 1. The van der Waals surface area contributed by atoms with Gasteiger partial charge in [-0.1, -0.05) is 42.5 Å². The van der Waals surface area contributed by atoms with Gasteiger partial charge in [-0.05, 0) is 26.8 Å². The summed E-state index contributed by atoms with van der Waals surface area (Å²) >= 11 is 0. The monoisotopic (exact) mass is 354 g/mol. The summed E-state index contributed by atoms with van der Waals surface area (Å²) < 4.78 is 5.59. The fraction of sp³-hybridized carbons (Fsp3) is 0.500. The zero-order valence-corrected chi connectivity index (χ0v) is 16.1. The van der Waals surface area contributed by atoms with E-state index in [1.54, 1.807) is 0 Å². The van der Waals surface area contributed by atoms with Gasteiger partial charge in [0, 0.05) is 37.4 Å². The Morgan fingerprint density at radius 1 is 1.19 bits per heavy atom. The lowest BCUT2D eigenvalue weighted by molar-refractivity contribution is -0.0241. The molecule has 3 rings (SSSR count). The number of rotatable bonds is 6. The lowest BCUT2D eigenvalue weighted by atomic mass is 9.73. The summed E-state index contributed by atoms with van der Waals surface area (Å²) in [6.07, 6.45) is 6.33. The molecule has 0 aromatic heterocycles. The first-order valence-electron chi connectivity index (χ1n) is 9.68. The molecule has 2 atom stereocenters. The molecule has 140 valence electrons. The summed E-state index contributed by atoms with van der Waals surface area (Å²) in [7, 11) is 0. The van der Waals surface area contributed by atoms with Gasteiger partial charge in [-0.2, -0.15) is 0 Å². The van der Waals surface area contributed by atoms with E-state index in [0.717, 1.165) is 45.0 Å². The summed E-state index contributed by atoms with van der Waals surface area (Å²) in [6.45, 7) is 11.6. The van der Waals surface area contributed by atoms with Crippen LogP contribution in [0.25, 0.3) is 0 Å². The van der Waals surface area contributed by atoms with Crippen molar-refractivity contribution in [1.82, 2.24) is 9.80 Å². The number of ether oxygens (including phenoxy) is 1. The van der Waals surface area contributed by atoms with Gasteiger partial charge in [-0.3, -0.25) is 9.69 Å². The van der Waals surface area contributed by atoms with Crippen LogP contribution in [0.4, 0.5) is 0 Å². The number of carbonyl (C=O) groups is 1. The third-order valence-corrected chi connectivity index (χ3v) is 5.79. The van der Waals surface area contributed by atoms with Crippen molar-refractivity contribution in [2.75, 3.05) is 39.4 Å². The molecular formula is C22H30N2O2. The van der Waals surface area contributed by atoms with Crippen molar-refractivity contribution in [3.05, 3.63) is 59.8 Å². The van der Waals surface area contributed by atoms with Crippen molar-refractivity contribution >= 4 is 5.78 Å². The van der Waals surface area contributed by atoms with Crippen LogP contribution in [0.3, 0.4) is 0 Å². The number of likely N-dealkylation sites (N-methyl/N-ethyl adjacent to an activating group) is 1. The molecule has 26 heavy (non-hydrogen) atoms. The number of benzene rings is 1. The van der Waals surface area contributed by atoms with E-state index in [1.807, 2.05) is 30.3 Å². The Bertz CT molecular complexity index is 673. The summed E-state index contributed by atoms with van der Waals surface area (Å²) in [5, 5.41) is 0. The Morgan fingerprint density at radius 2 is 1.85 bits per heavy atom. The van der Waals surface area contributed by atoms with E-state index in [-0.39, 0.29) is 17.2 Å². The maximum Gasteiger partial charge on any atom is 0.171 e. The Morgan fingerprint density at radius 3 is 2.46 bits per heavy atom. The van der Waals surface area contributed by atoms with Crippen LogP contribution < -0.4 is 0 Å². The van der Waals surface area contributed by atoms with Crippen LogP contribution in [0.5, 0.6) is 0 Å². The van der Waals surface area contributed by atoms with Gasteiger partial charge in [0.05, 0.1) is 24.7 Å². The lowest BCUT2D eigenvalue weighted by Crippen LogP contribution is -2.61. The average molecular weight is 354 g/mol. The van der Waals surface area contributed by atoms with Gasteiger partial charge in [-0.15, -0.1) is 0 Å². The molecule has 1 aromatic rings. The molecule has 0 bridgehead atoms. The summed E-state index contributed by atoms with van der Waals surface area (Å²) in [6, 6.07) is 9.67. The van der Waals surface area contributed by atoms with Crippen molar-refractivity contribution in [3.63, 3.8) is 0 Å². The van der Waals surface area contributed by atoms with Crippen molar-refractivity contribution in [2.45, 2.75) is 26.3 Å². The highest BCUT2D eigenvalue weighted by atomic mass is 16.5. The molecule has 2 unspecified atom stereocenters. The largest absolute Gasteiger partial charge is 0.379 e. The fourth-order valence-electron chi connectivity index (χ4n) is 4.27. The van der Waals surface area contributed by atoms with Crippen molar-refractivity contribution in [3.8, 4) is 0 Å². The van der Waals surface area contributed by atoms with E-state index >= 15 is 0 Å². The Hall–Kier alpha value is -1.91. The molecule has 0 radical (unpaired) electrons. The molecule has 1 aliphatic heterocycles. The minimum Gasteiger partial charge on any atom is -0.379 e. The van der Waals surface area contributed by atoms with Gasteiger partial charge >= 0.3 is 0 Å². The first-order chi connectivity index (χ1) is 12.6. The number of hydrogen-bond acceptors (Lipinski definition) is 4. The van der Waals surface area contributed by atoms with E-state index in [2.05, 4.69) is 48.8 Å². The second-order valence-corrected chi connectivity index (χ2v) is 7.06. The van der Waals surface area contributed by atoms with Crippen molar-refractivity contribution in [1.29, 1.82) is 0 Å². The van der Waals surface area contributed by atoms with Crippen LogP contribution in [0.2, 0.25) is 0 Å². The topological polar surface area (TPSA) is 32.8 Å². The second kappa shape index (κ2) is 8.19. The molecule has 1 heterocycles. The second-order valence-electron chi connectivity index (χ2n) is 7.06. The van der Waals surface area contributed by atoms with Crippen LogP contribution in [0, 0.1) is 5.92 Å². The maximum atomic E-state index is 13.4. The van der Waals surface area contributed by atoms with E-state index < -0.39 is 0 Å². The predicted octanol–water partition coefficient (Wildman–Crippen LogP) is 3.37. The highest BCUT2D eigenvalue weighted by Crippen LogP contribution is 2.40. The molecule has 1 aromatic carbocycles. The lowest BCUT2D eigenvalue weighted by Gasteiger charge is -2.51. The fourth-order valence-corrected chi connectivity index (χ4v) is 4.27. The highest BCUT2D eigenvalue weighted by Gasteiger charge is 2.48. The minimum atomic E-state index is -0.364. The van der Waals surface area contributed by atoms with Gasteiger partial charge in [-0.25, -0.2) is 0 Å². The first-order valence-corrected chi connectivity index (χ1v) is 9.68. The quantitative estimate of drug-likeness (QED) is 0.733. The molecule has 4 heteroatoms. The van der Waals surface area contributed by atoms with Crippen molar-refractivity contribution < 1.29 is 9.53 Å². The maximum absolute atomic E-state index is 13.4. The van der Waals surface area contributed by atoms with Crippen LogP contribution in [0.1, 0.15) is 31.1 Å². The summed E-state index contributed by atoms with van der Waals surface area (Å²) in [4.78, 5) is 18.3. The molecule has 0 N–H and O–H groups in total. The van der Waals surface area contributed by atoms with Crippen LogP contribution >= 0.6 is 0 Å². The number of nitrogens with zero attached hydrogens (tertiary/aromatic N) is 2. The predicted molar refractivity (Wildman–Crippen MR) is 105 cm³/mol. The van der Waals surface area contributed by atoms with Crippen LogP contribution in [-0.2, 0) is 4.74 Å². The number of hydrogen-bond donors (Lipinski definition) is 0. The average Bonchev–Trinajstić information content (AvgIpc) is 2.71. The number of morpholine rings is 1. The molecule has 0 amide bonds. The third-order valence-electron chi connectivity index (χ3n) is 5.79. The zero-order valence-electron chi connectivity index (χ0n) is 16.1. The third kappa shape index (κ3) is 3.36. The number of carbonyl (C=O) groups excluding carboxylic acids is 1. The van der Waals surface area contributed by atoms with Gasteiger partial charge in [0.2, 0.25) is 0 Å². The zero-order chi connectivity index (χ0) is 18.6. The number of ketones is 1. The summed E-state index contributed by atoms with van der Waals surface area (Å²) in [5.74, 6) is -0.0165. The Labute approximate surface area is 157 Å². The minimum absolute atomic E-state index is 0.189. The normalized spacial score (nSPS) is 26.4. The molecule has 1 fully saturated rings. The highest BCUT2D eigenvalue weighted by molar-refractivity contribution is 6.00. The van der Waals surface area contributed by atoms with Gasteiger partial charge in [0.15, 0.2) is 5.78 Å². The Balaban J connectivity index is 2.03.